The van der Waals surface area contributed by atoms with E-state index >= 15 is 0 Å². The van der Waals surface area contributed by atoms with Crippen molar-refractivity contribution in [2.75, 3.05) is 0 Å². The van der Waals surface area contributed by atoms with Gasteiger partial charge < -0.3 is 5.32 Å². The first-order valence-corrected chi connectivity index (χ1v) is 8.71. The van der Waals surface area contributed by atoms with E-state index in [1.165, 1.54) is 0 Å². The van der Waals surface area contributed by atoms with Gasteiger partial charge in [0.2, 0.25) is 0 Å². The zero-order chi connectivity index (χ0) is 18.9. The highest BCUT2D eigenvalue weighted by Gasteiger charge is 2.14. The largest absolute Gasteiger partial charge is 0.380 e. The van der Waals surface area contributed by atoms with Gasteiger partial charge >= 0.3 is 0 Å². The molecule has 0 bridgehead atoms. The third-order valence-corrected chi connectivity index (χ3v) is 4.37. The van der Waals surface area contributed by atoms with Crippen LogP contribution in [0.2, 0.25) is 0 Å². The van der Waals surface area contributed by atoms with Gasteiger partial charge in [-0.1, -0.05) is 36.9 Å². The Balaban J connectivity index is 2.06. The summed E-state index contributed by atoms with van der Waals surface area (Å²) in [6, 6.07) is 13.9. The van der Waals surface area contributed by atoms with Crippen molar-refractivity contribution in [1.82, 2.24) is 10.3 Å². The summed E-state index contributed by atoms with van der Waals surface area (Å²) in [6.07, 6.45) is 2.75. The van der Waals surface area contributed by atoms with Crippen LogP contribution < -0.4 is 5.32 Å². The molecule has 0 radical (unpaired) electrons. The number of hydrogen-bond acceptors (Lipinski definition) is 3. The number of carbonyl (C=O) groups is 1. The molecule has 0 saturated heterocycles. The number of rotatable bonds is 4. The SMILES string of the molecule is C=C(NC(C)(C)C)c1cnc2ccc(-c3ccc(C=O)cc3)cc2c1C. The van der Waals surface area contributed by atoms with Crippen molar-refractivity contribution in [2.24, 2.45) is 0 Å². The number of benzene rings is 2. The van der Waals surface area contributed by atoms with Crippen molar-refractivity contribution in [3.8, 4) is 11.1 Å². The highest BCUT2D eigenvalue weighted by Crippen LogP contribution is 2.29. The van der Waals surface area contributed by atoms with Gasteiger partial charge in [-0.05, 0) is 56.5 Å². The molecule has 0 fully saturated rings. The van der Waals surface area contributed by atoms with Crippen molar-refractivity contribution in [3.63, 3.8) is 0 Å². The van der Waals surface area contributed by atoms with Crippen molar-refractivity contribution >= 4 is 22.9 Å². The molecule has 0 saturated carbocycles. The van der Waals surface area contributed by atoms with Gasteiger partial charge in [0.15, 0.2) is 0 Å². The van der Waals surface area contributed by atoms with Crippen LogP contribution in [0.4, 0.5) is 0 Å². The first-order chi connectivity index (χ1) is 12.3. The summed E-state index contributed by atoms with van der Waals surface area (Å²) in [5.41, 5.74) is 6.83. The molecule has 0 aliphatic heterocycles. The van der Waals surface area contributed by atoms with Crippen LogP contribution in [-0.4, -0.2) is 16.8 Å². The number of nitrogens with one attached hydrogen (secondary N) is 1. The molecule has 0 unspecified atom stereocenters. The fourth-order valence-corrected chi connectivity index (χ4v) is 3.08. The molecule has 1 N–H and O–H groups in total. The smallest absolute Gasteiger partial charge is 0.150 e. The van der Waals surface area contributed by atoms with E-state index in [2.05, 4.69) is 56.7 Å². The molecule has 3 heteroatoms. The highest BCUT2D eigenvalue weighted by molar-refractivity contribution is 5.90. The molecular weight excluding hydrogens is 320 g/mol. The summed E-state index contributed by atoms with van der Waals surface area (Å²) < 4.78 is 0. The number of aryl methyl sites for hydroxylation is 1. The Morgan fingerprint density at radius 2 is 1.73 bits per heavy atom. The highest BCUT2D eigenvalue weighted by atomic mass is 16.1. The first kappa shape index (κ1) is 17.9. The van der Waals surface area contributed by atoms with Gasteiger partial charge in [0, 0.05) is 33.9 Å². The van der Waals surface area contributed by atoms with Crippen LogP contribution in [0.5, 0.6) is 0 Å². The van der Waals surface area contributed by atoms with Gasteiger partial charge in [-0.3, -0.25) is 9.78 Å². The summed E-state index contributed by atoms with van der Waals surface area (Å²) in [6.45, 7) is 12.6. The van der Waals surface area contributed by atoms with Crippen LogP contribution in [0.3, 0.4) is 0 Å². The molecule has 3 aromatic rings. The molecule has 1 aromatic heterocycles. The van der Waals surface area contributed by atoms with E-state index in [4.69, 9.17) is 0 Å². The standard InChI is InChI=1S/C23H24N2O/c1-15-20-12-19(18-8-6-17(14-26)7-9-18)10-11-22(20)24-13-21(15)16(2)25-23(3,4)5/h6-14,25H,2H2,1,3-5H3. The molecular formula is C23H24N2O. The normalized spacial score (nSPS) is 11.4. The van der Waals surface area contributed by atoms with Crippen LogP contribution in [0, 0.1) is 6.92 Å². The Labute approximate surface area is 154 Å². The van der Waals surface area contributed by atoms with Crippen molar-refractivity contribution in [1.29, 1.82) is 0 Å². The van der Waals surface area contributed by atoms with Crippen LogP contribution >= 0.6 is 0 Å². The molecule has 1 heterocycles. The lowest BCUT2D eigenvalue weighted by atomic mass is 9.97. The number of nitrogens with zero attached hydrogens (tertiary/aromatic N) is 1. The number of aldehydes is 1. The third-order valence-electron chi connectivity index (χ3n) is 4.37. The Bertz CT molecular complexity index is 980. The van der Waals surface area contributed by atoms with Crippen molar-refractivity contribution < 1.29 is 4.79 Å². The van der Waals surface area contributed by atoms with E-state index in [0.717, 1.165) is 45.1 Å². The van der Waals surface area contributed by atoms with E-state index < -0.39 is 0 Å². The average Bonchev–Trinajstić information content (AvgIpc) is 2.60. The van der Waals surface area contributed by atoms with E-state index in [1.54, 1.807) is 0 Å². The number of hydrogen-bond donors (Lipinski definition) is 1. The summed E-state index contributed by atoms with van der Waals surface area (Å²) >= 11 is 0. The van der Waals surface area contributed by atoms with Gasteiger partial charge in [0.25, 0.3) is 0 Å². The minimum Gasteiger partial charge on any atom is -0.380 e. The summed E-state index contributed by atoms with van der Waals surface area (Å²) in [5, 5.41) is 4.54. The molecule has 26 heavy (non-hydrogen) atoms. The van der Waals surface area contributed by atoms with E-state index in [-0.39, 0.29) is 5.54 Å². The van der Waals surface area contributed by atoms with Gasteiger partial charge in [0.05, 0.1) is 5.52 Å². The second-order valence-electron chi connectivity index (χ2n) is 7.62. The molecule has 3 nitrogen and oxygen atoms in total. The monoisotopic (exact) mass is 344 g/mol. The van der Waals surface area contributed by atoms with Gasteiger partial charge in [0.1, 0.15) is 6.29 Å². The van der Waals surface area contributed by atoms with Crippen LogP contribution in [0.15, 0.2) is 55.2 Å². The number of fused-ring (bicyclic) bond motifs is 1. The van der Waals surface area contributed by atoms with Crippen LogP contribution in [-0.2, 0) is 0 Å². The second kappa shape index (κ2) is 6.75. The van der Waals surface area contributed by atoms with E-state index in [0.29, 0.717) is 5.56 Å². The van der Waals surface area contributed by atoms with Gasteiger partial charge in [-0.2, -0.15) is 0 Å². The number of pyridine rings is 1. The van der Waals surface area contributed by atoms with Crippen LogP contribution in [0.1, 0.15) is 42.3 Å². The predicted molar refractivity (Wildman–Crippen MR) is 109 cm³/mol. The lowest BCUT2D eigenvalue weighted by molar-refractivity contribution is 0.112. The Kier molecular flexibility index (Phi) is 4.64. The zero-order valence-electron chi connectivity index (χ0n) is 15.8. The number of carbonyl (C=O) groups excluding carboxylic acids is 1. The molecule has 2 aromatic carbocycles. The van der Waals surface area contributed by atoms with Crippen molar-refractivity contribution in [2.45, 2.75) is 33.2 Å². The first-order valence-electron chi connectivity index (χ1n) is 8.71. The Morgan fingerprint density at radius 3 is 2.35 bits per heavy atom. The van der Waals surface area contributed by atoms with Crippen LogP contribution in [0.25, 0.3) is 27.7 Å². The topological polar surface area (TPSA) is 42.0 Å². The average molecular weight is 344 g/mol. The van der Waals surface area contributed by atoms with Gasteiger partial charge in [-0.25, -0.2) is 0 Å². The van der Waals surface area contributed by atoms with Gasteiger partial charge in [-0.15, -0.1) is 0 Å². The molecule has 0 atom stereocenters. The molecule has 0 amide bonds. The maximum atomic E-state index is 10.9. The molecule has 0 aliphatic rings. The molecule has 0 spiro atoms. The molecule has 3 rings (SSSR count). The molecule has 132 valence electrons. The Hall–Kier alpha value is -2.94. The predicted octanol–water partition coefficient (Wildman–Crippen LogP) is 5.38. The molecule has 0 aliphatic carbocycles. The summed E-state index contributed by atoms with van der Waals surface area (Å²) in [7, 11) is 0. The summed E-state index contributed by atoms with van der Waals surface area (Å²) in [4.78, 5) is 15.5. The summed E-state index contributed by atoms with van der Waals surface area (Å²) in [5.74, 6) is 0. The third kappa shape index (κ3) is 3.67. The quantitative estimate of drug-likeness (QED) is 0.646. The maximum Gasteiger partial charge on any atom is 0.150 e. The lowest BCUT2D eigenvalue weighted by Crippen LogP contribution is -2.34. The minimum atomic E-state index is -0.0549. The minimum absolute atomic E-state index is 0.0549. The van der Waals surface area contributed by atoms with E-state index in [9.17, 15) is 4.79 Å². The Morgan fingerprint density at radius 1 is 1.08 bits per heavy atom. The second-order valence-corrected chi connectivity index (χ2v) is 7.62. The maximum absolute atomic E-state index is 10.9. The fourth-order valence-electron chi connectivity index (χ4n) is 3.08. The fraction of sp³-hybridized carbons (Fsp3) is 0.217. The number of aromatic nitrogens is 1. The lowest BCUT2D eigenvalue weighted by Gasteiger charge is -2.24. The zero-order valence-corrected chi connectivity index (χ0v) is 15.8. The van der Waals surface area contributed by atoms with E-state index in [1.807, 2.05) is 36.5 Å². The van der Waals surface area contributed by atoms with Crippen molar-refractivity contribution in [3.05, 3.63) is 71.9 Å².